The SMILES string of the molecule is CCCCOc1ccc(CC2NC(=O)C(Cc3cccs3)NC2=O)nc1. The van der Waals surface area contributed by atoms with Crippen molar-refractivity contribution in [1.82, 2.24) is 15.6 Å². The summed E-state index contributed by atoms with van der Waals surface area (Å²) < 4.78 is 5.58. The Morgan fingerprint density at radius 3 is 2.50 bits per heavy atom. The minimum atomic E-state index is -0.596. The summed E-state index contributed by atoms with van der Waals surface area (Å²) in [6, 6.07) is 6.47. The molecule has 6 nitrogen and oxygen atoms in total. The van der Waals surface area contributed by atoms with E-state index >= 15 is 0 Å². The molecule has 0 aromatic carbocycles. The number of rotatable bonds is 8. The maximum absolute atomic E-state index is 12.3. The van der Waals surface area contributed by atoms with Crippen molar-refractivity contribution in [3.63, 3.8) is 0 Å². The highest BCUT2D eigenvalue weighted by atomic mass is 32.1. The van der Waals surface area contributed by atoms with Gasteiger partial charge in [-0.25, -0.2) is 0 Å². The average molecular weight is 373 g/mol. The average Bonchev–Trinajstić information content (AvgIpc) is 3.14. The Morgan fingerprint density at radius 2 is 1.88 bits per heavy atom. The van der Waals surface area contributed by atoms with E-state index in [1.165, 1.54) is 0 Å². The van der Waals surface area contributed by atoms with Gasteiger partial charge in [0, 0.05) is 23.4 Å². The van der Waals surface area contributed by atoms with Crippen LogP contribution in [-0.2, 0) is 22.4 Å². The first kappa shape index (κ1) is 18.4. The van der Waals surface area contributed by atoms with Crippen molar-refractivity contribution < 1.29 is 14.3 Å². The van der Waals surface area contributed by atoms with Crippen molar-refractivity contribution >= 4 is 23.2 Å². The van der Waals surface area contributed by atoms with Gasteiger partial charge in [-0.2, -0.15) is 0 Å². The standard InChI is InChI=1S/C19H23N3O3S/c1-2-3-8-25-14-7-6-13(20-12-14)10-16-18(23)22-17(19(24)21-16)11-15-5-4-9-26-15/h4-7,9,12,16-17H,2-3,8,10-11H2,1H3,(H,21,24)(H,22,23). The molecule has 2 aromatic heterocycles. The molecule has 1 aliphatic rings. The van der Waals surface area contributed by atoms with Crippen molar-refractivity contribution in [1.29, 1.82) is 0 Å². The molecule has 138 valence electrons. The number of thiophene rings is 1. The monoisotopic (exact) mass is 373 g/mol. The van der Waals surface area contributed by atoms with Crippen LogP contribution in [0.15, 0.2) is 35.8 Å². The van der Waals surface area contributed by atoms with Gasteiger partial charge in [-0.3, -0.25) is 14.6 Å². The summed E-state index contributed by atoms with van der Waals surface area (Å²) in [5.74, 6) is 0.397. The molecule has 3 heterocycles. The molecule has 2 amide bonds. The third-order valence-corrected chi connectivity index (χ3v) is 5.13. The quantitative estimate of drug-likeness (QED) is 0.695. The van der Waals surface area contributed by atoms with E-state index in [2.05, 4.69) is 22.5 Å². The molecule has 0 spiro atoms. The van der Waals surface area contributed by atoms with Gasteiger partial charge in [-0.15, -0.1) is 11.3 Å². The lowest BCUT2D eigenvalue weighted by molar-refractivity contribution is -0.136. The van der Waals surface area contributed by atoms with Crippen molar-refractivity contribution in [2.75, 3.05) is 6.61 Å². The maximum Gasteiger partial charge on any atom is 0.243 e. The molecule has 0 bridgehead atoms. The molecular weight excluding hydrogens is 350 g/mol. The van der Waals surface area contributed by atoms with Crippen LogP contribution in [0, 0.1) is 0 Å². The topological polar surface area (TPSA) is 80.3 Å². The molecule has 2 atom stereocenters. The zero-order valence-electron chi connectivity index (χ0n) is 14.7. The fraction of sp³-hybridized carbons (Fsp3) is 0.421. The molecule has 1 saturated heterocycles. The minimum absolute atomic E-state index is 0.150. The first-order chi connectivity index (χ1) is 12.7. The second kappa shape index (κ2) is 8.80. The zero-order valence-corrected chi connectivity index (χ0v) is 15.6. The molecule has 2 aromatic rings. The number of piperazine rings is 1. The lowest BCUT2D eigenvalue weighted by Crippen LogP contribution is -2.62. The predicted molar refractivity (Wildman–Crippen MR) is 100 cm³/mol. The number of pyridine rings is 1. The van der Waals surface area contributed by atoms with Crippen LogP contribution in [0.1, 0.15) is 30.3 Å². The molecule has 1 fully saturated rings. The fourth-order valence-electron chi connectivity index (χ4n) is 2.75. The maximum atomic E-state index is 12.3. The molecule has 7 heteroatoms. The summed E-state index contributed by atoms with van der Waals surface area (Å²) in [6.45, 7) is 2.78. The number of nitrogens with zero attached hydrogens (tertiary/aromatic N) is 1. The second-order valence-electron chi connectivity index (χ2n) is 6.30. The molecule has 3 rings (SSSR count). The van der Waals surface area contributed by atoms with Gasteiger partial charge < -0.3 is 15.4 Å². The van der Waals surface area contributed by atoms with E-state index in [1.54, 1.807) is 17.5 Å². The van der Waals surface area contributed by atoms with E-state index in [0.29, 0.717) is 19.4 Å². The second-order valence-corrected chi connectivity index (χ2v) is 7.33. The van der Waals surface area contributed by atoms with Gasteiger partial charge in [-0.1, -0.05) is 19.4 Å². The third kappa shape index (κ3) is 4.82. The third-order valence-electron chi connectivity index (χ3n) is 4.23. The van der Waals surface area contributed by atoms with Crippen LogP contribution in [-0.4, -0.2) is 35.5 Å². The van der Waals surface area contributed by atoms with E-state index < -0.39 is 12.1 Å². The summed E-state index contributed by atoms with van der Waals surface area (Å²) in [7, 11) is 0. The minimum Gasteiger partial charge on any atom is -0.492 e. The van der Waals surface area contributed by atoms with Crippen molar-refractivity contribution in [3.05, 3.63) is 46.4 Å². The van der Waals surface area contributed by atoms with Crippen LogP contribution in [0.2, 0.25) is 0 Å². The van der Waals surface area contributed by atoms with Crippen LogP contribution in [0.4, 0.5) is 0 Å². The summed E-state index contributed by atoms with van der Waals surface area (Å²) in [5, 5.41) is 7.60. The number of aromatic nitrogens is 1. The summed E-state index contributed by atoms with van der Waals surface area (Å²) in [4.78, 5) is 30.1. The Bertz CT molecular complexity index is 731. The summed E-state index contributed by atoms with van der Waals surface area (Å²) >= 11 is 1.58. The Hall–Kier alpha value is -2.41. The molecule has 0 radical (unpaired) electrons. The van der Waals surface area contributed by atoms with Gasteiger partial charge in [0.15, 0.2) is 0 Å². The number of amides is 2. The highest BCUT2D eigenvalue weighted by Gasteiger charge is 2.33. The van der Waals surface area contributed by atoms with Gasteiger partial charge >= 0.3 is 0 Å². The van der Waals surface area contributed by atoms with E-state index in [-0.39, 0.29) is 11.8 Å². The largest absolute Gasteiger partial charge is 0.492 e. The van der Waals surface area contributed by atoms with E-state index in [0.717, 1.165) is 29.2 Å². The van der Waals surface area contributed by atoms with E-state index in [4.69, 9.17) is 4.74 Å². The zero-order chi connectivity index (χ0) is 18.4. The number of hydrogen-bond acceptors (Lipinski definition) is 5. The molecule has 0 aliphatic carbocycles. The van der Waals surface area contributed by atoms with Gasteiger partial charge in [0.1, 0.15) is 17.8 Å². The van der Waals surface area contributed by atoms with Gasteiger partial charge in [0.05, 0.1) is 12.8 Å². The van der Waals surface area contributed by atoms with Crippen LogP contribution < -0.4 is 15.4 Å². The van der Waals surface area contributed by atoms with Crippen LogP contribution in [0.3, 0.4) is 0 Å². The van der Waals surface area contributed by atoms with Crippen molar-refractivity contribution in [2.45, 2.75) is 44.7 Å². The van der Waals surface area contributed by atoms with Crippen molar-refractivity contribution in [3.8, 4) is 5.75 Å². The first-order valence-electron chi connectivity index (χ1n) is 8.86. The van der Waals surface area contributed by atoms with Gasteiger partial charge in [0.25, 0.3) is 0 Å². The highest BCUT2D eigenvalue weighted by molar-refractivity contribution is 7.09. The van der Waals surface area contributed by atoms with Gasteiger partial charge in [0.2, 0.25) is 11.8 Å². The first-order valence-corrected chi connectivity index (χ1v) is 9.74. The van der Waals surface area contributed by atoms with Crippen LogP contribution >= 0.6 is 11.3 Å². The van der Waals surface area contributed by atoms with Crippen molar-refractivity contribution in [2.24, 2.45) is 0 Å². The molecule has 2 N–H and O–H groups in total. The van der Waals surface area contributed by atoms with E-state index in [1.807, 2.05) is 29.6 Å². The fourth-order valence-corrected chi connectivity index (χ4v) is 3.51. The molecule has 1 aliphatic heterocycles. The number of carbonyl (C=O) groups excluding carboxylic acids is 2. The van der Waals surface area contributed by atoms with Crippen LogP contribution in [0.5, 0.6) is 5.75 Å². The Kier molecular flexibility index (Phi) is 6.22. The van der Waals surface area contributed by atoms with Crippen LogP contribution in [0.25, 0.3) is 0 Å². The summed E-state index contributed by atoms with van der Waals surface area (Å²) in [6.07, 6.45) is 4.62. The molecule has 2 unspecified atom stereocenters. The number of hydrogen-bond donors (Lipinski definition) is 2. The van der Waals surface area contributed by atoms with E-state index in [9.17, 15) is 9.59 Å². The molecule has 0 saturated carbocycles. The normalized spacial score (nSPS) is 19.7. The smallest absolute Gasteiger partial charge is 0.243 e. The molecule has 26 heavy (non-hydrogen) atoms. The predicted octanol–water partition coefficient (Wildman–Crippen LogP) is 2.09. The number of nitrogens with one attached hydrogen (secondary N) is 2. The number of carbonyl (C=O) groups is 2. The highest BCUT2D eigenvalue weighted by Crippen LogP contribution is 2.15. The lowest BCUT2D eigenvalue weighted by Gasteiger charge is -2.29. The van der Waals surface area contributed by atoms with Gasteiger partial charge in [-0.05, 0) is 30.0 Å². The number of ether oxygens (including phenoxy) is 1. The Labute approximate surface area is 157 Å². The Balaban J connectivity index is 1.54. The lowest BCUT2D eigenvalue weighted by atomic mass is 10.0. The number of unbranched alkanes of at least 4 members (excludes halogenated alkanes) is 1. The Morgan fingerprint density at radius 1 is 1.12 bits per heavy atom. The summed E-state index contributed by atoms with van der Waals surface area (Å²) in [5.41, 5.74) is 0.741. The molecular formula is C19H23N3O3S.